The van der Waals surface area contributed by atoms with E-state index in [1.54, 1.807) is 0 Å². The van der Waals surface area contributed by atoms with Crippen LogP contribution in [0.15, 0.2) is 0 Å². The molecule has 0 bridgehead atoms. The Morgan fingerprint density at radius 3 is 2.60 bits per heavy atom. The van der Waals surface area contributed by atoms with E-state index >= 15 is 0 Å². The zero-order chi connectivity index (χ0) is 11.4. The molecule has 0 saturated carbocycles. The fourth-order valence-electron chi connectivity index (χ4n) is 2.60. The van der Waals surface area contributed by atoms with Gasteiger partial charge in [-0.25, -0.2) is 0 Å². The third-order valence-electron chi connectivity index (χ3n) is 3.40. The summed E-state index contributed by atoms with van der Waals surface area (Å²) in [4.78, 5) is 14.3. The Bertz CT molecular complexity index is 211. The van der Waals surface area contributed by atoms with Gasteiger partial charge in [-0.2, -0.15) is 0 Å². The molecule has 88 valence electrons. The Morgan fingerprint density at radius 2 is 2.07 bits per heavy atom. The van der Waals surface area contributed by atoms with Crippen molar-refractivity contribution in [3.05, 3.63) is 0 Å². The molecule has 0 aliphatic carbocycles. The van der Waals surface area contributed by atoms with E-state index in [1.807, 2.05) is 13.8 Å². The van der Waals surface area contributed by atoms with Gasteiger partial charge in [0, 0.05) is 18.0 Å². The van der Waals surface area contributed by atoms with Gasteiger partial charge in [-0.15, -0.1) is 0 Å². The first kappa shape index (κ1) is 12.5. The number of rotatable bonds is 3. The predicted octanol–water partition coefficient (Wildman–Crippen LogP) is 3.21. The number of carbonyl (C=O) groups is 1. The summed E-state index contributed by atoms with van der Waals surface area (Å²) in [5.74, 6) is 0.491. The Balaban J connectivity index is 2.72. The van der Waals surface area contributed by atoms with Crippen molar-refractivity contribution in [3.8, 4) is 0 Å². The van der Waals surface area contributed by atoms with Crippen molar-refractivity contribution < 1.29 is 4.79 Å². The van der Waals surface area contributed by atoms with Crippen LogP contribution in [0.25, 0.3) is 0 Å². The van der Waals surface area contributed by atoms with Gasteiger partial charge in [-0.05, 0) is 32.6 Å². The normalized spacial score (nSPS) is 27.1. The Labute approximate surface area is 94.0 Å². The maximum atomic E-state index is 12.1. The van der Waals surface area contributed by atoms with Crippen molar-refractivity contribution in [2.45, 2.75) is 71.9 Å². The first-order valence-corrected chi connectivity index (χ1v) is 6.40. The Kier molecular flexibility index (Phi) is 4.62. The van der Waals surface area contributed by atoms with Crippen LogP contribution in [0.5, 0.6) is 0 Å². The second-order valence-electron chi connectivity index (χ2n) is 5.12. The minimum atomic E-state index is 0.143. The van der Waals surface area contributed by atoms with E-state index in [-0.39, 0.29) is 5.92 Å². The van der Waals surface area contributed by atoms with Crippen molar-refractivity contribution in [1.82, 2.24) is 4.90 Å². The molecule has 1 aliphatic heterocycles. The van der Waals surface area contributed by atoms with Crippen LogP contribution in [-0.2, 0) is 4.79 Å². The van der Waals surface area contributed by atoms with Gasteiger partial charge in [0.1, 0.15) is 0 Å². The van der Waals surface area contributed by atoms with E-state index in [0.717, 1.165) is 0 Å². The van der Waals surface area contributed by atoms with Gasteiger partial charge in [0.05, 0.1) is 0 Å². The number of amides is 1. The lowest BCUT2D eigenvalue weighted by Crippen LogP contribution is -2.50. The molecule has 0 aromatic heterocycles. The van der Waals surface area contributed by atoms with Crippen molar-refractivity contribution in [1.29, 1.82) is 0 Å². The van der Waals surface area contributed by atoms with Gasteiger partial charge < -0.3 is 4.90 Å². The number of carbonyl (C=O) groups excluding carboxylic acids is 1. The molecule has 0 radical (unpaired) electrons. The molecular weight excluding hydrogens is 186 g/mol. The molecule has 1 rings (SSSR count). The molecule has 0 spiro atoms. The van der Waals surface area contributed by atoms with Gasteiger partial charge in [0.15, 0.2) is 0 Å². The van der Waals surface area contributed by atoms with E-state index in [0.29, 0.717) is 18.0 Å². The number of hydrogen-bond donors (Lipinski definition) is 0. The fourth-order valence-corrected chi connectivity index (χ4v) is 2.60. The summed E-state index contributed by atoms with van der Waals surface area (Å²) in [5, 5.41) is 0. The second kappa shape index (κ2) is 5.53. The summed E-state index contributed by atoms with van der Waals surface area (Å²) in [5.41, 5.74) is 0. The summed E-state index contributed by atoms with van der Waals surface area (Å²) >= 11 is 0. The molecule has 1 saturated heterocycles. The molecule has 0 N–H and O–H groups in total. The van der Waals surface area contributed by atoms with Gasteiger partial charge in [-0.1, -0.05) is 27.2 Å². The molecule has 2 unspecified atom stereocenters. The minimum absolute atomic E-state index is 0.143. The maximum absolute atomic E-state index is 12.1. The summed E-state index contributed by atoms with van der Waals surface area (Å²) < 4.78 is 0. The van der Waals surface area contributed by atoms with Crippen molar-refractivity contribution >= 4 is 5.91 Å². The average molecular weight is 211 g/mol. The second-order valence-corrected chi connectivity index (χ2v) is 5.12. The van der Waals surface area contributed by atoms with E-state index in [4.69, 9.17) is 0 Å². The molecule has 1 heterocycles. The first-order valence-electron chi connectivity index (χ1n) is 6.40. The number of likely N-dealkylation sites (tertiary alicyclic amines) is 1. The predicted molar refractivity (Wildman–Crippen MR) is 63.7 cm³/mol. The minimum Gasteiger partial charge on any atom is -0.337 e. The third-order valence-corrected chi connectivity index (χ3v) is 3.40. The summed E-state index contributed by atoms with van der Waals surface area (Å²) in [6.07, 6.45) is 6.02. The van der Waals surface area contributed by atoms with Crippen LogP contribution in [-0.4, -0.2) is 22.9 Å². The lowest BCUT2D eigenvalue weighted by atomic mass is 9.92. The van der Waals surface area contributed by atoms with E-state index in [9.17, 15) is 4.79 Å². The highest BCUT2D eigenvalue weighted by molar-refractivity contribution is 5.78. The molecule has 2 nitrogen and oxygen atoms in total. The molecule has 0 aromatic rings. The molecule has 15 heavy (non-hydrogen) atoms. The van der Waals surface area contributed by atoms with Gasteiger partial charge in [0.2, 0.25) is 5.91 Å². The topological polar surface area (TPSA) is 20.3 Å². The van der Waals surface area contributed by atoms with Crippen LogP contribution in [0.1, 0.15) is 59.8 Å². The van der Waals surface area contributed by atoms with Crippen LogP contribution in [0.4, 0.5) is 0 Å². The molecule has 0 aromatic carbocycles. The van der Waals surface area contributed by atoms with Crippen molar-refractivity contribution in [2.75, 3.05) is 0 Å². The molecular formula is C13H25NO. The van der Waals surface area contributed by atoms with Gasteiger partial charge >= 0.3 is 0 Å². The smallest absolute Gasteiger partial charge is 0.225 e. The number of piperidine rings is 1. The average Bonchev–Trinajstić information content (AvgIpc) is 2.17. The third kappa shape index (κ3) is 2.96. The van der Waals surface area contributed by atoms with E-state index < -0.39 is 0 Å². The molecule has 1 aliphatic rings. The van der Waals surface area contributed by atoms with Gasteiger partial charge in [0.25, 0.3) is 0 Å². The van der Waals surface area contributed by atoms with Gasteiger partial charge in [-0.3, -0.25) is 4.79 Å². The first-order chi connectivity index (χ1) is 7.07. The number of nitrogens with zero attached hydrogens (tertiary/aromatic N) is 1. The van der Waals surface area contributed by atoms with Crippen LogP contribution in [0.2, 0.25) is 0 Å². The Morgan fingerprint density at radius 1 is 1.40 bits per heavy atom. The lowest BCUT2D eigenvalue weighted by Gasteiger charge is -2.42. The highest BCUT2D eigenvalue weighted by Gasteiger charge is 2.31. The van der Waals surface area contributed by atoms with Crippen LogP contribution in [0, 0.1) is 5.92 Å². The zero-order valence-corrected chi connectivity index (χ0v) is 10.6. The monoisotopic (exact) mass is 211 g/mol. The van der Waals surface area contributed by atoms with Crippen molar-refractivity contribution in [2.24, 2.45) is 5.92 Å². The summed E-state index contributed by atoms with van der Waals surface area (Å²) in [6, 6.07) is 0.957. The zero-order valence-electron chi connectivity index (χ0n) is 10.6. The molecule has 2 atom stereocenters. The van der Waals surface area contributed by atoms with Crippen LogP contribution >= 0.6 is 0 Å². The fraction of sp³-hybridized carbons (Fsp3) is 0.923. The highest BCUT2D eigenvalue weighted by atomic mass is 16.2. The molecule has 1 amide bonds. The molecule has 1 fully saturated rings. The van der Waals surface area contributed by atoms with Crippen LogP contribution in [0.3, 0.4) is 0 Å². The SMILES string of the molecule is CCCC1CCCC(C)N1C(=O)C(C)C. The van der Waals surface area contributed by atoms with E-state index in [2.05, 4.69) is 18.7 Å². The Hall–Kier alpha value is -0.530. The van der Waals surface area contributed by atoms with Crippen molar-refractivity contribution in [3.63, 3.8) is 0 Å². The quantitative estimate of drug-likeness (QED) is 0.702. The molecule has 2 heteroatoms. The standard InChI is InChI=1S/C13H25NO/c1-5-7-12-9-6-8-11(4)14(12)13(15)10(2)3/h10-12H,5-9H2,1-4H3. The summed E-state index contributed by atoms with van der Waals surface area (Å²) in [7, 11) is 0. The van der Waals surface area contributed by atoms with E-state index in [1.165, 1.54) is 32.1 Å². The maximum Gasteiger partial charge on any atom is 0.225 e. The largest absolute Gasteiger partial charge is 0.337 e. The van der Waals surface area contributed by atoms with Crippen LogP contribution < -0.4 is 0 Å². The number of hydrogen-bond acceptors (Lipinski definition) is 1. The lowest BCUT2D eigenvalue weighted by molar-refractivity contribution is -0.141. The summed E-state index contributed by atoms with van der Waals surface area (Å²) in [6.45, 7) is 8.42. The highest BCUT2D eigenvalue weighted by Crippen LogP contribution is 2.27.